The third-order valence-corrected chi connectivity index (χ3v) is 6.25. The zero-order chi connectivity index (χ0) is 18.9. The number of aromatic amines is 1. The van der Waals surface area contributed by atoms with E-state index in [1.165, 1.54) is 0 Å². The van der Waals surface area contributed by atoms with Gasteiger partial charge in [-0.1, -0.05) is 6.92 Å². The van der Waals surface area contributed by atoms with Gasteiger partial charge in [0.25, 0.3) is 0 Å². The molecule has 4 rings (SSSR count). The van der Waals surface area contributed by atoms with Crippen molar-refractivity contribution >= 4 is 23.3 Å². The highest BCUT2D eigenvalue weighted by molar-refractivity contribution is 5.87. The number of fused-ring (bicyclic) bond motifs is 1. The molecule has 2 atom stereocenters. The number of ether oxygens (including phenoxy) is 1. The minimum atomic E-state index is 0.288. The number of morpholine rings is 1. The van der Waals surface area contributed by atoms with E-state index in [4.69, 9.17) is 4.74 Å². The van der Waals surface area contributed by atoms with Crippen LogP contribution in [-0.2, 0) is 9.53 Å². The molecule has 2 unspecified atom stereocenters. The first-order chi connectivity index (χ1) is 13.2. The Morgan fingerprint density at radius 2 is 2.22 bits per heavy atom. The van der Waals surface area contributed by atoms with Gasteiger partial charge in [-0.05, 0) is 25.3 Å². The van der Waals surface area contributed by atoms with Gasteiger partial charge >= 0.3 is 6.41 Å². The lowest BCUT2D eigenvalue weighted by Crippen LogP contribution is -2.71. The molecule has 2 aliphatic rings. The fourth-order valence-corrected chi connectivity index (χ4v) is 4.83. The van der Waals surface area contributed by atoms with E-state index in [1.54, 1.807) is 6.33 Å². The maximum atomic E-state index is 12.2. The zero-order valence-electron chi connectivity index (χ0n) is 16.2. The summed E-state index contributed by atoms with van der Waals surface area (Å²) in [5.74, 6) is 0.950. The summed E-state index contributed by atoms with van der Waals surface area (Å²) in [6.45, 7) is 5.91. The number of carbonyl (C=O) groups excluding carboxylic acids is 1. The molecular weight excluding hydrogens is 344 g/mol. The number of amides is 1. The molecule has 2 saturated heterocycles. The molecule has 0 bridgehead atoms. The molecular formula is C19H29N6O2+. The van der Waals surface area contributed by atoms with Crippen LogP contribution in [0.4, 0.5) is 5.82 Å². The second-order valence-electron chi connectivity index (χ2n) is 7.55. The summed E-state index contributed by atoms with van der Waals surface area (Å²) in [6, 6.07) is 2.62. The van der Waals surface area contributed by atoms with Crippen molar-refractivity contribution in [2.75, 3.05) is 44.8 Å². The number of carbonyl (C=O) groups is 1. The summed E-state index contributed by atoms with van der Waals surface area (Å²) in [5, 5.41) is 3.45. The maximum Gasteiger partial charge on any atom is 0.320 e. The van der Waals surface area contributed by atoms with Crippen LogP contribution >= 0.6 is 0 Å². The number of likely N-dealkylation sites (N-methyl/N-ethyl adjacent to an activating group) is 1. The van der Waals surface area contributed by atoms with Gasteiger partial charge in [-0.3, -0.25) is 0 Å². The molecule has 8 nitrogen and oxygen atoms in total. The quantitative estimate of drug-likeness (QED) is 0.633. The standard InChI is InChI=1S/C19H29N6O2/c1-3-16-17(23(2)19-15-6-7-20-18(15)21-13-22-19)5-4-8-24(16)25(14-26)9-11-27-12-10-25/h6-7,13-14,16-17H,3-5,8-12H2,1-2H3,(H,20,21,22)/q+1. The Morgan fingerprint density at radius 3 is 2.96 bits per heavy atom. The smallest absolute Gasteiger partial charge is 0.320 e. The highest BCUT2D eigenvalue weighted by atomic mass is 16.5. The first-order valence-corrected chi connectivity index (χ1v) is 9.89. The van der Waals surface area contributed by atoms with Gasteiger partial charge in [-0.15, -0.1) is 5.01 Å². The van der Waals surface area contributed by atoms with Crippen LogP contribution in [0, 0.1) is 0 Å². The van der Waals surface area contributed by atoms with Crippen LogP contribution in [0.1, 0.15) is 26.2 Å². The average Bonchev–Trinajstić information content (AvgIpc) is 3.22. The summed E-state index contributed by atoms with van der Waals surface area (Å²) in [5.41, 5.74) is 0.858. The van der Waals surface area contributed by atoms with E-state index < -0.39 is 0 Å². The van der Waals surface area contributed by atoms with Crippen LogP contribution in [0.3, 0.4) is 0 Å². The molecule has 1 N–H and O–H groups in total. The lowest BCUT2D eigenvalue weighted by Gasteiger charge is -2.51. The third kappa shape index (κ3) is 3.11. The van der Waals surface area contributed by atoms with Gasteiger partial charge in [-0.25, -0.2) is 14.8 Å². The lowest BCUT2D eigenvalue weighted by atomic mass is 9.93. The van der Waals surface area contributed by atoms with Gasteiger partial charge in [0.15, 0.2) is 0 Å². The second-order valence-corrected chi connectivity index (χ2v) is 7.55. The summed E-state index contributed by atoms with van der Waals surface area (Å²) in [6.07, 6.45) is 7.81. The molecule has 2 aliphatic heterocycles. The number of aromatic nitrogens is 3. The van der Waals surface area contributed by atoms with E-state index in [0.29, 0.717) is 23.8 Å². The molecule has 0 spiro atoms. The van der Waals surface area contributed by atoms with Gasteiger partial charge in [0.1, 0.15) is 30.9 Å². The summed E-state index contributed by atoms with van der Waals surface area (Å²) < 4.78 is 5.93. The lowest BCUT2D eigenvalue weighted by molar-refractivity contribution is -0.973. The summed E-state index contributed by atoms with van der Waals surface area (Å²) in [7, 11) is 2.12. The largest absolute Gasteiger partial charge is 0.370 e. The number of rotatable bonds is 5. The van der Waals surface area contributed by atoms with Gasteiger partial charge < -0.3 is 14.6 Å². The molecule has 2 aromatic heterocycles. The van der Waals surface area contributed by atoms with Gasteiger partial charge in [0.2, 0.25) is 0 Å². The molecule has 4 heterocycles. The molecule has 2 aromatic rings. The number of hydrogen-bond donors (Lipinski definition) is 1. The van der Waals surface area contributed by atoms with E-state index in [-0.39, 0.29) is 6.04 Å². The number of nitrogens with zero attached hydrogens (tertiary/aromatic N) is 5. The number of hydrogen-bond acceptors (Lipinski definition) is 6. The number of piperidine rings is 1. The maximum absolute atomic E-state index is 12.2. The Hall–Kier alpha value is -2.03. The first-order valence-electron chi connectivity index (χ1n) is 9.89. The van der Waals surface area contributed by atoms with Crippen LogP contribution in [0.2, 0.25) is 0 Å². The monoisotopic (exact) mass is 373 g/mol. The molecule has 2 fully saturated rings. The topological polar surface area (TPSA) is 74.4 Å². The van der Waals surface area contributed by atoms with E-state index in [0.717, 1.165) is 62.2 Å². The summed E-state index contributed by atoms with van der Waals surface area (Å²) in [4.78, 5) is 26.5. The highest BCUT2D eigenvalue weighted by Crippen LogP contribution is 2.33. The molecule has 1 amide bonds. The number of anilines is 1. The van der Waals surface area contributed by atoms with Crippen molar-refractivity contribution in [2.24, 2.45) is 0 Å². The van der Waals surface area contributed by atoms with Crippen molar-refractivity contribution < 1.29 is 14.1 Å². The van der Waals surface area contributed by atoms with Gasteiger partial charge in [-0.2, -0.15) is 4.59 Å². The predicted octanol–water partition coefficient (Wildman–Crippen LogP) is 1.56. The Labute approximate surface area is 159 Å². The summed E-state index contributed by atoms with van der Waals surface area (Å²) >= 11 is 0. The number of quaternary nitrogens is 1. The number of H-pyrrole nitrogens is 1. The number of nitrogens with one attached hydrogen (secondary N) is 1. The van der Waals surface area contributed by atoms with Crippen LogP contribution in [0.5, 0.6) is 0 Å². The van der Waals surface area contributed by atoms with Gasteiger partial charge in [0, 0.05) is 19.8 Å². The second kappa shape index (κ2) is 7.53. The Kier molecular flexibility index (Phi) is 5.12. The van der Waals surface area contributed by atoms with Crippen LogP contribution in [0.15, 0.2) is 18.6 Å². The van der Waals surface area contributed by atoms with E-state index in [9.17, 15) is 4.79 Å². The van der Waals surface area contributed by atoms with Crippen molar-refractivity contribution in [2.45, 2.75) is 38.3 Å². The van der Waals surface area contributed by atoms with Crippen LogP contribution in [0.25, 0.3) is 11.0 Å². The predicted molar refractivity (Wildman–Crippen MR) is 103 cm³/mol. The molecule has 0 radical (unpaired) electrons. The molecule has 8 heteroatoms. The molecule has 0 aliphatic carbocycles. The van der Waals surface area contributed by atoms with E-state index in [2.05, 4.69) is 38.8 Å². The van der Waals surface area contributed by atoms with Gasteiger partial charge in [0.05, 0.1) is 30.7 Å². The Balaban J connectivity index is 1.66. The average molecular weight is 373 g/mol. The van der Waals surface area contributed by atoms with Crippen LogP contribution < -0.4 is 4.90 Å². The minimum Gasteiger partial charge on any atom is -0.370 e. The minimum absolute atomic E-state index is 0.288. The highest BCUT2D eigenvalue weighted by Gasteiger charge is 2.46. The van der Waals surface area contributed by atoms with Crippen molar-refractivity contribution in [3.8, 4) is 0 Å². The Morgan fingerprint density at radius 1 is 1.41 bits per heavy atom. The van der Waals surface area contributed by atoms with Crippen molar-refractivity contribution in [1.29, 1.82) is 0 Å². The van der Waals surface area contributed by atoms with Crippen molar-refractivity contribution in [3.05, 3.63) is 18.6 Å². The van der Waals surface area contributed by atoms with Crippen molar-refractivity contribution in [1.82, 2.24) is 20.0 Å². The van der Waals surface area contributed by atoms with E-state index >= 15 is 0 Å². The normalized spacial score (nSPS) is 26.1. The molecule has 0 saturated carbocycles. The Bertz CT molecular complexity index is 787. The molecule has 146 valence electrons. The fourth-order valence-electron chi connectivity index (χ4n) is 4.83. The molecule has 27 heavy (non-hydrogen) atoms. The SMILES string of the molecule is CCC1C(N(C)c2ncnc3[nH]ccc23)CCCN1[N+]1(C=O)CCOCC1. The first kappa shape index (κ1) is 18.3. The van der Waals surface area contributed by atoms with E-state index in [1.807, 2.05) is 12.3 Å². The third-order valence-electron chi connectivity index (χ3n) is 6.25. The zero-order valence-corrected chi connectivity index (χ0v) is 16.2. The van der Waals surface area contributed by atoms with Crippen LogP contribution in [-0.4, -0.2) is 82.9 Å². The fraction of sp³-hybridized carbons (Fsp3) is 0.632. The molecule has 0 aromatic carbocycles. The van der Waals surface area contributed by atoms with Crippen molar-refractivity contribution in [3.63, 3.8) is 0 Å².